The lowest BCUT2D eigenvalue weighted by Gasteiger charge is -2.21. The van der Waals surface area contributed by atoms with Crippen molar-refractivity contribution >= 4 is 39.5 Å². The molecule has 0 spiro atoms. The summed E-state index contributed by atoms with van der Waals surface area (Å²) < 4.78 is 68.5. The number of phosphoric acid groups is 2. The lowest BCUT2D eigenvalue weighted by Crippen LogP contribution is -2.30. The predicted molar refractivity (Wildman–Crippen MR) is 436 cm³/mol. The van der Waals surface area contributed by atoms with Gasteiger partial charge in [-0.1, -0.05) is 261 Å². The fourth-order valence-electron chi connectivity index (χ4n) is 9.60. The number of aliphatic hydroxyl groups is 1. The van der Waals surface area contributed by atoms with Crippen molar-refractivity contribution in [2.24, 2.45) is 0 Å². The van der Waals surface area contributed by atoms with Crippen molar-refractivity contribution in [1.82, 2.24) is 0 Å². The Bertz CT molecular complexity index is 2780. The van der Waals surface area contributed by atoms with E-state index in [-0.39, 0.29) is 25.7 Å². The van der Waals surface area contributed by atoms with Crippen molar-refractivity contribution < 1.29 is 80.2 Å². The molecule has 0 aromatic rings. The third-order valence-corrected chi connectivity index (χ3v) is 17.4. The number of carbonyl (C=O) groups excluding carboxylic acids is 4. The van der Waals surface area contributed by atoms with Crippen molar-refractivity contribution in [3.05, 3.63) is 194 Å². The van der Waals surface area contributed by atoms with Crippen LogP contribution in [0.15, 0.2) is 194 Å². The van der Waals surface area contributed by atoms with Crippen molar-refractivity contribution in [2.45, 2.75) is 290 Å². The zero-order valence-electron chi connectivity index (χ0n) is 65.3. The molecule has 0 radical (unpaired) electrons. The molecule has 0 amide bonds. The highest BCUT2D eigenvalue weighted by atomic mass is 31.2. The molecule has 19 heteroatoms. The van der Waals surface area contributed by atoms with E-state index in [1.54, 1.807) is 0 Å². The zero-order chi connectivity index (χ0) is 77.4. The third-order valence-electron chi connectivity index (χ3n) is 15.5. The van der Waals surface area contributed by atoms with E-state index in [4.69, 9.17) is 37.0 Å². The van der Waals surface area contributed by atoms with E-state index in [0.29, 0.717) is 32.1 Å². The molecule has 0 saturated heterocycles. The first-order valence-electron chi connectivity index (χ1n) is 39.7. The van der Waals surface area contributed by atoms with Gasteiger partial charge in [0.05, 0.1) is 26.4 Å². The van der Waals surface area contributed by atoms with Crippen LogP contribution < -0.4 is 0 Å². The van der Waals surface area contributed by atoms with Gasteiger partial charge in [0.15, 0.2) is 12.2 Å². The van der Waals surface area contributed by atoms with Gasteiger partial charge in [-0.15, -0.1) is 0 Å². The number of esters is 4. The summed E-state index contributed by atoms with van der Waals surface area (Å²) in [5, 5.41) is 10.6. The Labute approximate surface area is 640 Å². The largest absolute Gasteiger partial charge is 0.472 e. The molecule has 598 valence electrons. The minimum Gasteiger partial charge on any atom is -0.462 e. The van der Waals surface area contributed by atoms with Crippen LogP contribution in [-0.4, -0.2) is 96.7 Å². The maximum atomic E-state index is 13.1. The maximum absolute atomic E-state index is 13.1. The summed E-state index contributed by atoms with van der Waals surface area (Å²) in [7, 11) is -10.0. The van der Waals surface area contributed by atoms with E-state index in [9.17, 15) is 43.2 Å². The van der Waals surface area contributed by atoms with E-state index >= 15 is 0 Å². The molecule has 0 bridgehead atoms. The van der Waals surface area contributed by atoms with Gasteiger partial charge < -0.3 is 33.8 Å². The second-order valence-corrected chi connectivity index (χ2v) is 28.4. The molecule has 5 unspecified atom stereocenters. The van der Waals surface area contributed by atoms with Gasteiger partial charge in [-0.05, 0) is 180 Å². The van der Waals surface area contributed by atoms with Gasteiger partial charge in [-0.25, -0.2) is 9.13 Å². The Kier molecular flexibility index (Phi) is 72.6. The van der Waals surface area contributed by atoms with Crippen molar-refractivity contribution in [2.75, 3.05) is 39.6 Å². The van der Waals surface area contributed by atoms with Crippen molar-refractivity contribution in [1.29, 1.82) is 0 Å². The Morgan fingerprint density at radius 3 is 0.821 bits per heavy atom. The van der Waals surface area contributed by atoms with E-state index in [1.807, 2.05) is 12.2 Å². The molecule has 0 fully saturated rings. The molecule has 0 aliphatic carbocycles. The van der Waals surface area contributed by atoms with E-state index < -0.39 is 97.5 Å². The molecule has 0 rings (SSSR count). The maximum Gasteiger partial charge on any atom is 0.472 e. The predicted octanol–water partition coefficient (Wildman–Crippen LogP) is 23.3. The van der Waals surface area contributed by atoms with Gasteiger partial charge >= 0.3 is 39.5 Å². The van der Waals surface area contributed by atoms with Crippen LogP contribution in [0.3, 0.4) is 0 Å². The molecular formula is C87H138O17P2. The Hall–Kier alpha value is -6.10. The van der Waals surface area contributed by atoms with Crippen LogP contribution in [0.1, 0.15) is 272 Å². The van der Waals surface area contributed by atoms with Gasteiger partial charge in [-0.3, -0.25) is 37.3 Å². The summed E-state index contributed by atoms with van der Waals surface area (Å²) in [5.41, 5.74) is 0. The zero-order valence-corrected chi connectivity index (χ0v) is 67.1. The number of phosphoric ester groups is 2. The van der Waals surface area contributed by atoms with Crippen molar-refractivity contribution in [3.8, 4) is 0 Å². The topological polar surface area (TPSA) is 237 Å². The van der Waals surface area contributed by atoms with Gasteiger partial charge in [0.2, 0.25) is 0 Å². The summed E-state index contributed by atoms with van der Waals surface area (Å²) in [6.07, 6.45) is 94.2. The molecule has 106 heavy (non-hydrogen) atoms. The second kappa shape index (κ2) is 77.1. The SMILES string of the molecule is CC/C=C\C/C=C\C/C=C\C/C=C\C/C=C\CCCCCC(=O)OCC(COP(=O)(O)OCC(O)COP(=O)(O)OCC(COC(=O)CCCC/C=C\C/C=C\C/C=C\C/C=C\CC)OC(=O)CCCCCCC/C=C\C/C=C\CCCCC)OC(=O)CCC/C=C\C/C=C\C/C=C\C/C=C\C/C=C\CC. The summed E-state index contributed by atoms with van der Waals surface area (Å²) in [6, 6.07) is 0. The molecule has 0 aliphatic heterocycles. The molecule has 17 nitrogen and oxygen atoms in total. The molecular weight excluding hydrogens is 1380 g/mol. The second-order valence-electron chi connectivity index (χ2n) is 25.5. The van der Waals surface area contributed by atoms with Crippen LogP contribution in [-0.2, 0) is 65.4 Å². The minimum atomic E-state index is -5.02. The van der Waals surface area contributed by atoms with Crippen LogP contribution >= 0.6 is 15.6 Å². The van der Waals surface area contributed by atoms with Gasteiger partial charge in [0.25, 0.3) is 0 Å². The first-order valence-corrected chi connectivity index (χ1v) is 42.7. The number of hydrogen-bond donors (Lipinski definition) is 3. The van der Waals surface area contributed by atoms with Crippen LogP contribution in [0.5, 0.6) is 0 Å². The average Bonchev–Trinajstić information content (AvgIpc) is 0.902. The summed E-state index contributed by atoms with van der Waals surface area (Å²) in [5.74, 6) is -2.37. The summed E-state index contributed by atoms with van der Waals surface area (Å²) in [4.78, 5) is 73.0. The van der Waals surface area contributed by atoms with E-state index in [1.165, 1.54) is 19.3 Å². The molecule has 0 saturated carbocycles. The highest BCUT2D eigenvalue weighted by molar-refractivity contribution is 7.47. The van der Waals surface area contributed by atoms with E-state index in [2.05, 4.69) is 210 Å². The number of allylic oxidation sites excluding steroid dienone is 32. The molecule has 0 aliphatic rings. The van der Waals surface area contributed by atoms with E-state index in [0.717, 1.165) is 167 Å². The van der Waals surface area contributed by atoms with Crippen molar-refractivity contribution in [3.63, 3.8) is 0 Å². The molecule has 3 N–H and O–H groups in total. The van der Waals surface area contributed by atoms with Crippen LogP contribution in [0.25, 0.3) is 0 Å². The third kappa shape index (κ3) is 76.1. The lowest BCUT2D eigenvalue weighted by molar-refractivity contribution is -0.161. The fraction of sp³-hybridized carbons (Fsp3) is 0.586. The highest BCUT2D eigenvalue weighted by Gasteiger charge is 2.30. The highest BCUT2D eigenvalue weighted by Crippen LogP contribution is 2.45. The van der Waals surface area contributed by atoms with Gasteiger partial charge in [0, 0.05) is 25.7 Å². The number of aliphatic hydroxyl groups excluding tert-OH is 1. The molecule has 0 aromatic carbocycles. The quantitative estimate of drug-likeness (QED) is 0.0169. The number of hydrogen-bond acceptors (Lipinski definition) is 15. The Morgan fingerprint density at radius 2 is 0.500 bits per heavy atom. The first-order chi connectivity index (χ1) is 51.7. The van der Waals surface area contributed by atoms with Crippen LogP contribution in [0.4, 0.5) is 0 Å². The average molecular weight is 1520 g/mol. The minimum absolute atomic E-state index is 0.000581. The number of carbonyl (C=O) groups is 4. The van der Waals surface area contributed by atoms with Gasteiger partial charge in [-0.2, -0.15) is 0 Å². The molecule has 0 aromatic heterocycles. The van der Waals surface area contributed by atoms with Gasteiger partial charge in [0.1, 0.15) is 19.3 Å². The number of rotatable bonds is 72. The standard InChI is InChI=1S/C87H138O17P2/c1-5-9-13-17-21-25-29-33-37-39-40-42-45-48-52-56-60-64-68-72-85(90)98-78-83(104-87(92)74-70-66-62-58-54-50-46-41-38-34-30-26-22-18-14-10-6-2)80-102-106(95,96)100-76-81(88)75-99-105(93,94)101-79-82(103-86(91)73-69-65-61-57-53-49-44-36-32-28-24-20-16-12-8-4)77-97-84(89)71-67-63-59-55-51-47-43-35-31-27-23-19-15-11-7-3/h9-11,13-15,21-28,33-38,40,42-44,46,48,50-52,55,58,62,81-83,88H,5-8,12,16-20,29-32,39,41,45,47,49,53-54,56-57,59-61,63-80H2,1-4H3,(H,93,94)(H,95,96)/b13-9-,14-10-,15-11-,25-21-,26-22-,27-23-,28-24-,37-33-,38-34-,42-40-,43-35-,44-36-,50-46-,52-48-,55-51-,62-58-. The summed E-state index contributed by atoms with van der Waals surface area (Å²) >= 11 is 0. The summed E-state index contributed by atoms with van der Waals surface area (Å²) in [6.45, 7) is 4.30. The molecule has 0 heterocycles. The first kappa shape index (κ1) is 99.9. The Morgan fingerprint density at radius 1 is 0.274 bits per heavy atom. The fourth-order valence-corrected chi connectivity index (χ4v) is 11.2. The molecule has 5 atom stereocenters. The van der Waals surface area contributed by atoms with Crippen LogP contribution in [0.2, 0.25) is 0 Å². The monoisotopic (exact) mass is 1520 g/mol. The lowest BCUT2D eigenvalue weighted by atomic mass is 10.1. The smallest absolute Gasteiger partial charge is 0.462 e. The van der Waals surface area contributed by atoms with Crippen LogP contribution in [0, 0.1) is 0 Å². The number of ether oxygens (including phenoxy) is 4. The normalized spacial score (nSPS) is 14.9. The Balaban J connectivity index is 5.52. The number of unbranched alkanes of at least 4 members (excludes halogenated alkanes) is 14.